The first-order chi connectivity index (χ1) is 5.79. The van der Waals surface area contributed by atoms with Gasteiger partial charge in [0.05, 0.1) is 12.0 Å². The molecule has 1 aliphatic carbocycles. The third kappa shape index (κ3) is 1.04. The minimum absolute atomic E-state index is 0.0384. The molecule has 2 atom stereocenters. The zero-order valence-corrected chi connectivity index (χ0v) is 7.43. The van der Waals surface area contributed by atoms with Gasteiger partial charge in [-0.05, 0) is 38.8 Å². The van der Waals surface area contributed by atoms with Crippen LogP contribution in [0.15, 0.2) is 0 Å². The maximum Gasteiger partial charge on any atom is 0.312 e. The molecular weight excluding hydrogens is 154 g/mol. The van der Waals surface area contributed by atoms with Gasteiger partial charge in [0, 0.05) is 0 Å². The Morgan fingerprint density at radius 3 is 3.25 bits per heavy atom. The molecule has 0 unspecified atom stereocenters. The SMILES string of the molecule is CCOC(=O)[C@@]12CCNC[C@@H]1C2. The molecule has 12 heavy (non-hydrogen) atoms. The van der Waals surface area contributed by atoms with Crippen molar-refractivity contribution < 1.29 is 9.53 Å². The lowest BCUT2D eigenvalue weighted by atomic mass is 9.96. The van der Waals surface area contributed by atoms with Gasteiger partial charge >= 0.3 is 5.97 Å². The van der Waals surface area contributed by atoms with Gasteiger partial charge in [-0.3, -0.25) is 4.79 Å². The second-order valence-corrected chi connectivity index (χ2v) is 3.73. The predicted octanol–water partition coefficient (Wildman–Crippen LogP) is 0.549. The summed E-state index contributed by atoms with van der Waals surface area (Å²) in [4.78, 5) is 11.5. The van der Waals surface area contributed by atoms with Crippen LogP contribution in [0.25, 0.3) is 0 Å². The molecule has 1 aliphatic heterocycles. The Hall–Kier alpha value is -0.570. The van der Waals surface area contributed by atoms with Crippen LogP contribution in [0.4, 0.5) is 0 Å². The molecule has 0 aromatic rings. The lowest BCUT2D eigenvalue weighted by Crippen LogP contribution is -2.34. The molecule has 0 amide bonds. The summed E-state index contributed by atoms with van der Waals surface area (Å²) in [5.41, 5.74) is -0.0682. The van der Waals surface area contributed by atoms with Crippen molar-refractivity contribution in [3.63, 3.8) is 0 Å². The van der Waals surface area contributed by atoms with Gasteiger partial charge in [-0.1, -0.05) is 0 Å². The highest BCUT2D eigenvalue weighted by molar-refractivity contribution is 5.81. The second-order valence-electron chi connectivity index (χ2n) is 3.73. The van der Waals surface area contributed by atoms with Crippen molar-refractivity contribution in [3.8, 4) is 0 Å². The van der Waals surface area contributed by atoms with E-state index in [1.54, 1.807) is 0 Å². The number of hydrogen-bond donors (Lipinski definition) is 1. The first-order valence-corrected chi connectivity index (χ1v) is 4.67. The number of fused-ring (bicyclic) bond motifs is 1. The van der Waals surface area contributed by atoms with Crippen LogP contribution in [0.3, 0.4) is 0 Å². The Bertz CT molecular complexity index is 205. The van der Waals surface area contributed by atoms with Crippen LogP contribution in [0.5, 0.6) is 0 Å². The molecule has 2 aliphatic rings. The molecule has 1 heterocycles. The standard InChI is InChI=1S/C9H15NO2/c1-2-12-8(11)9-3-4-10-6-7(9)5-9/h7,10H,2-6H2,1H3/t7-,9+/m0/s1. The highest BCUT2D eigenvalue weighted by Crippen LogP contribution is 2.57. The molecule has 1 saturated heterocycles. The van der Waals surface area contributed by atoms with Gasteiger partial charge in [-0.25, -0.2) is 0 Å². The maximum absolute atomic E-state index is 11.5. The predicted molar refractivity (Wildman–Crippen MR) is 44.7 cm³/mol. The van der Waals surface area contributed by atoms with E-state index in [9.17, 15) is 4.79 Å². The van der Waals surface area contributed by atoms with Gasteiger partial charge in [0.1, 0.15) is 0 Å². The molecule has 68 valence electrons. The molecule has 0 bridgehead atoms. The molecule has 2 fully saturated rings. The summed E-state index contributed by atoms with van der Waals surface area (Å²) in [6.45, 7) is 4.35. The van der Waals surface area contributed by atoms with Crippen LogP contribution in [0, 0.1) is 11.3 Å². The highest BCUT2D eigenvalue weighted by atomic mass is 16.5. The van der Waals surface area contributed by atoms with Gasteiger partial charge in [-0.15, -0.1) is 0 Å². The van der Waals surface area contributed by atoms with E-state index >= 15 is 0 Å². The van der Waals surface area contributed by atoms with Gasteiger partial charge in [0.25, 0.3) is 0 Å². The summed E-state index contributed by atoms with van der Waals surface area (Å²) < 4.78 is 5.06. The van der Waals surface area contributed by atoms with E-state index in [0.29, 0.717) is 12.5 Å². The monoisotopic (exact) mass is 169 g/mol. The smallest absolute Gasteiger partial charge is 0.312 e. The lowest BCUT2D eigenvalue weighted by Gasteiger charge is -2.20. The van der Waals surface area contributed by atoms with Crippen molar-refractivity contribution in [1.29, 1.82) is 0 Å². The van der Waals surface area contributed by atoms with Crippen molar-refractivity contribution >= 4 is 5.97 Å². The maximum atomic E-state index is 11.5. The number of nitrogens with one attached hydrogen (secondary N) is 1. The van der Waals surface area contributed by atoms with Gasteiger partial charge in [0.2, 0.25) is 0 Å². The van der Waals surface area contributed by atoms with Crippen LogP contribution >= 0.6 is 0 Å². The number of hydrogen-bond acceptors (Lipinski definition) is 3. The molecule has 0 aromatic heterocycles. The summed E-state index contributed by atoms with van der Waals surface area (Å²) >= 11 is 0. The van der Waals surface area contributed by atoms with E-state index in [4.69, 9.17) is 4.74 Å². The lowest BCUT2D eigenvalue weighted by molar-refractivity contribution is -0.151. The normalized spacial score (nSPS) is 38.6. The Morgan fingerprint density at radius 1 is 1.75 bits per heavy atom. The van der Waals surface area contributed by atoms with E-state index in [-0.39, 0.29) is 11.4 Å². The number of rotatable bonds is 2. The van der Waals surface area contributed by atoms with Crippen LogP contribution < -0.4 is 5.32 Å². The van der Waals surface area contributed by atoms with Crippen molar-refractivity contribution in [2.75, 3.05) is 19.7 Å². The average molecular weight is 169 g/mol. The van der Waals surface area contributed by atoms with Crippen LogP contribution in [-0.2, 0) is 9.53 Å². The van der Waals surface area contributed by atoms with Crippen molar-refractivity contribution in [2.45, 2.75) is 19.8 Å². The summed E-state index contributed by atoms with van der Waals surface area (Å²) in [5, 5.41) is 3.29. The fourth-order valence-electron chi connectivity index (χ4n) is 2.17. The van der Waals surface area contributed by atoms with E-state index < -0.39 is 0 Å². The largest absolute Gasteiger partial charge is 0.466 e. The van der Waals surface area contributed by atoms with Gasteiger partial charge in [-0.2, -0.15) is 0 Å². The molecule has 2 rings (SSSR count). The summed E-state index contributed by atoms with van der Waals surface area (Å²) in [6, 6.07) is 0. The van der Waals surface area contributed by atoms with E-state index in [1.165, 1.54) is 0 Å². The van der Waals surface area contributed by atoms with Crippen molar-refractivity contribution in [3.05, 3.63) is 0 Å². The fourth-order valence-corrected chi connectivity index (χ4v) is 2.17. The Morgan fingerprint density at radius 2 is 2.58 bits per heavy atom. The second kappa shape index (κ2) is 2.73. The Labute approximate surface area is 72.5 Å². The summed E-state index contributed by atoms with van der Waals surface area (Å²) in [6.07, 6.45) is 2.01. The fraction of sp³-hybridized carbons (Fsp3) is 0.889. The quantitative estimate of drug-likeness (QED) is 0.613. The molecule has 0 aromatic carbocycles. The topological polar surface area (TPSA) is 38.3 Å². The first kappa shape index (κ1) is 8.05. The number of piperidine rings is 1. The summed E-state index contributed by atoms with van der Waals surface area (Å²) in [5.74, 6) is 0.599. The molecule has 0 spiro atoms. The van der Waals surface area contributed by atoms with Crippen LogP contribution in [-0.4, -0.2) is 25.7 Å². The molecule has 0 radical (unpaired) electrons. The van der Waals surface area contributed by atoms with E-state index in [2.05, 4.69) is 5.32 Å². The minimum Gasteiger partial charge on any atom is -0.466 e. The number of carbonyl (C=O) groups excluding carboxylic acids is 1. The van der Waals surface area contributed by atoms with Crippen molar-refractivity contribution in [1.82, 2.24) is 5.32 Å². The van der Waals surface area contributed by atoms with Crippen LogP contribution in [0.2, 0.25) is 0 Å². The first-order valence-electron chi connectivity index (χ1n) is 4.67. The zero-order valence-electron chi connectivity index (χ0n) is 7.43. The van der Waals surface area contributed by atoms with E-state index in [1.807, 2.05) is 6.92 Å². The molecule has 1 N–H and O–H groups in total. The highest BCUT2D eigenvalue weighted by Gasteiger charge is 2.61. The molecule has 3 heteroatoms. The number of esters is 1. The van der Waals surface area contributed by atoms with Crippen LogP contribution in [0.1, 0.15) is 19.8 Å². The Balaban J connectivity index is 1.98. The third-order valence-corrected chi connectivity index (χ3v) is 3.05. The molecule has 1 saturated carbocycles. The van der Waals surface area contributed by atoms with Gasteiger partial charge < -0.3 is 10.1 Å². The Kier molecular flexibility index (Phi) is 1.83. The number of ether oxygens (including phenoxy) is 1. The zero-order chi connectivity index (χ0) is 8.60. The molecular formula is C9H15NO2. The van der Waals surface area contributed by atoms with Crippen molar-refractivity contribution in [2.24, 2.45) is 11.3 Å². The average Bonchev–Trinajstić information content (AvgIpc) is 2.79. The van der Waals surface area contributed by atoms with E-state index in [0.717, 1.165) is 25.9 Å². The van der Waals surface area contributed by atoms with Gasteiger partial charge in [0.15, 0.2) is 0 Å². The third-order valence-electron chi connectivity index (χ3n) is 3.05. The summed E-state index contributed by atoms with van der Waals surface area (Å²) in [7, 11) is 0. The minimum atomic E-state index is -0.0682. The molecule has 3 nitrogen and oxygen atoms in total. The number of carbonyl (C=O) groups is 1.